The van der Waals surface area contributed by atoms with E-state index in [0.29, 0.717) is 13.2 Å². The number of phosphoric acid groups is 1. The van der Waals surface area contributed by atoms with Gasteiger partial charge >= 0.3 is 13.8 Å². The third kappa shape index (κ3) is 84.2. The van der Waals surface area contributed by atoms with Crippen LogP contribution in [0.3, 0.4) is 0 Å². The summed E-state index contributed by atoms with van der Waals surface area (Å²) < 4.78 is 13.8. The highest BCUT2D eigenvalue weighted by Crippen LogP contribution is 2.25. The van der Waals surface area contributed by atoms with Crippen LogP contribution in [0.15, 0.2) is 38.0 Å². The topological polar surface area (TPSA) is 124 Å². The largest absolute Gasteiger partial charge is 0.481 e. The number of hydrogen-bond acceptors (Lipinski definition) is 3. The van der Waals surface area contributed by atoms with E-state index in [1.54, 1.807) is 12.2 Å². The summed E-state index contributed by atoms with van der Waals surface area (Å²) in [5, 5.41) is 7.84. The number of hydrogen-bond donors (Lipinski definition) is 4. The highest BCUT2D eigenvalue weighted by atomic mass is 31.2. The molecular weight excluding hydrogens is 263 g/mol. The smallest absolute Gasteiger partial charge is 0.466 e. The fourth-order valence-corrected chi connectivity index (χ4v) is 0.358. The standard InChI is InChI=1S/C6H10O.C4H6O2.H3O4P/c1-3-5-7-6-4-2;1-2-3-4(5)6;1-5(2,3)4/h3-4H,1-2,5-6H2;2H,1,3H2,(H,5,6);(H3,1,2,3,4). The van der Waals surface area contributed by atoms with Gasteiger partial charge in [0, 0.05) is 0 Å². The molecule has 0 bridgehead atoms. The van der Waals surface area contributed by atoms with E-state index in [1.165, 1.54) is 6.08 Å². The lowest BCUT2D eigenvalue weighted by molar-refractivity contribution is -0.135. The average Bonchev–Trinajstić information content (AvgIpc) is 2.16. The van der Waals surface area contributed by atoms with Crippen molar-refractivity contribution in [3.05, 3.63) is 38.0 Å². The van der Waals surface area contributed by atoms with E-state index in [9.17, 15) is 4.79 Å². The summed E-state index contributed by atoms with van der Waals surface area (Å²) in [4.78, 5) is 31.1. The minimum Gasteiger partial charge on any atom is -0.481 e. The molecule has 0 saturated carbocycles. The SMILES string of the molecule is C=CCC(=O)O.C=CCOCC=C.O=P(O)(O)O. The van der Waals surface area contributed by atoms with E-state index in [0.717, 1.165) is 0 Å². The van der Waals surface area contributed by atoms with E-state index in [2.05, 4.69) is 19.7 Å². The molecular formula is C10H19O7P. The molecule has 0 aromatic carbocycles. The summed E-state index contributed by atoms with van der Waals surface area (Å²) >= 11 is 0. The van der Waals surface area contributed by atoms with Gasteiger partial charge in [-0.1, -0.05) is 18.2 Å². The zero-order valence-electron chi connectivity index (χ0n) is 9.94. The van der Waals surface area contributed by atoms with Gasteiger partial charge in [-0.25, -0.2) is 4.57 Å². The molecule has 0 radical (unpaired) electrons. The lowest BCUT2D eigenvalue weighted by Crippen LogP contribution is -1.88. The molecule has 0 fully saturated rings. The summed E-state index contributed by atoms with van der Waals surface area (Å²) in [6, 6.07) is 0. The maximum atomic E-state index is 9.53. The molecule has 106 valence electrons. The first-order chi connectivity index (χ1) is 8.18. The molecule has 0 spiro atoms. The fourth-order valence-electron chi connectivity index (χ4n) is 0.358. The first kappa shape index (κ1) is 22.0. The van der Waals surface area contributed by atoms with Gasteiger partial charge in [-0.2, -0.15) is 0 Å². The third-order valence-corrected chi connectivity index (χ3v) is 0.790. The summed E-state index contributed by atoms with van der Waals surface area (Å²) in [6.07, 6.45) is 4.83. The Kier molecular flexibility index (Phi) is 19.3. The predicted molar refractivity (Wildman–Crippen MR) is 67.9 cm³/mol. The summed E-state index contributed by atoms with van der Waals surface area (Å²) in [7, 11) is -4.64. The molecule has 4 N–H and O–H groups in total. The molecule has 8 heteroatoms. The van der Waals surface area contributed by atoms with Crippen LogP contribution < -0.4 is 0 Å². The van der Waals surface area contributed by atoms with Crippen molar-refractivity contribution in [2.24, 2.45) is 0 Å². The Hall–Kier alpha value is -1.24. The number of carbonyl (C=O) groups is 1. The normalized spacial score (nSPS) is 8.83. The van der Waals surface area contributed by atoms with Gasteiger partial charge in [-0.3, -0.25) is 4.79 Å². The Bertz CT molecular complexity index is 266. The molecule has 0 amide bonds. The van der Waals surface area contributed by atoms with Crippen LogP contribution in [0.2, 0.25) is 0 Å². The molecule has 0 aromatic rings. The van der Waals surface area contributed by atoms with Gasteiger partial charge in [0.15, 0.2) is 0 Å². The van der Waals surface area contributed by atoms with Crippen LogP contribution in [0.25, 0.3) is 0 Å². The Morgan fingerprint density at radius 3 is 1.50 bits per heavy atom. The van der Waals surface area contributed by atoms with Crippen molar-refractivity contribution in [2.45, 2.75) is 6.42 Å². The molecule has 0 atom stereocenters. The second kappa shape index (κ2) is 15.8. The molecule has 0 heterocycles. The maximum absolute atomic E-state index is 9.53. The molecule has 0 aliphatic rings. The van der Waals surface area contributed by atoms with Crippen molar-refractivity contribution in [3.8, 4) is 0 Å². The van der Waals surface area contributed by atoms with Crippen LogP contribution in [0.4, 0.5) is 0 Å². The predicted octanol–water partition coefficient (Wildman–Crippen LogP) is 1.09. The highest BCUT2D eigenvalue weighted by Gasteiger charge is 2.00. The highest BCUT2D eigenvalue weighted by molar-refractivity contribution is 7.45. The van der Waals surface area contributed by atoms with Crippen LogP contribution in [0.5, 0.6) is 0 Å². The minimum atomic E-state index is -4.64. The monoisotopic (exact) mass is 282 g/mol. The van der Waals surface area contributed by atoms with Crippen LogP contribution >= 0.6 is 7.82 Å². The Morgan fingerprint density at radius 1 is 1.06 bits per heavy atom. The lowest BCUT2D eigenvalue weighted by Gasteiger charge is -1.89. The third-order valence-electron chi connectivity index (χ3n) is 0.790. The van der Waals surface area contributed by atoms with Crippen molar-refractivity contribution in [1.29, 1.82) is 0 Å². The van der Waals surface area contributed by atoms with E-state index < -0.39 is 13.8 Å². The minimum absolute atomic E-state index is 0.0556. The Labute approximate surface area is 106 Å². The van der Waals surface area contributed by atoms with Crippen molar-refractivity contribution >= 4 is 13.8 Å². The molecule has 0 rings (SSSR count). The molecule has 0 unspecified atom stereocenters. The first-order valence-corrected chi connectivity index (χ1v) is 6.16. The number of carboxylic acid groups (broad SMARTS) is 1. The van der Waals surface area contributed by atoms with E-state index in [-0.39, 0.29) is 6.42 Å². The van der Waals surface area contributed by atoms with E-state index in [4.69, 9.17) is 29.1 Å². The zero-order chi connectivity index (χ0) is 15.0. The van der Waals surface area contributed by atoms with Crippen molar-refractivity contribution in [1.82, 2.24) is 0 Å². The quantitative estimate of drug-likeness (QED) is 0.326. The Balaban J connectivity index is -0.000000190. The molecule has 18 heavy (non-hydrogen) atoms. The van der Waals surface area contributed by atoms with Gasteiger partial charge in [0.1, 0.15) is 0 Å². The molecule has 0 aliphatic heterocycles. The van der Waals surface area contributed by atoms with Crippen molar-refractivity contribution in [2.75, 3.05) is 13.2 Å². The van der Waals surface area contributed by atoms with Crippen LogP contribution in [0.1, 0.15) is 6.42 Å². The van der Waals surface area contributed by atoms with Crippen LogP contribution in [0, 0.1) is 0 Å². The van der Waals surface area contributed by atoms with Gasteiger partial charge in [0.2, 0.25) is 0 Å². The fraction of sp³-hybridized carbons (Fsp3) is 0.300. The molecule has 7 nitrogen and oxygen atoms in total. The van der Waals surface area contributed by atoms with Crippen molar-refractivity contribution < 1.29 is 33.9 Å². The van der Waals surface area contributed by atoms with E-state index in [1.807, 2.05) is 0 Å². The second-order valence-corrected chi connectivity index (χ2v) is 3.54. The first-order valence-electron chi connectivity index (χ1n) is 4.59. The summed E-state index contributed by atoms with van der Waals surface area (Å²) in [5.74, 6) is -0.829. The summed E-state index contributed by atoms with van der Waals surface area (Å²) in [6.45, 7) is 11.4. The van der Waals surface area contributed by atoms with Gasteiger partial charge in [0.25, 0.3) is 0 Å². The number of ether oxygens (including phenoxy) is 1. The molecule has 0 aliphatic carbocycles. The van der Waals surface area contributed by atoms with E-state index >= 15 is 0 Å². The molecule has 0 aromatic heterocycles. The van der Waals surface area contributed by atoms with Crippen molar-refractivity contribution in [3.63, 3.8) is 0 Å². The van der Waals surface area contributed by atoms with Gasteiger partial charge < -0.3 is 24.5 Å². The van der Waals surface area contributed by atoms with Crippen LogP contribution in [-0.4, -0.2) is 39.0 Å². The lowest BCUT2D eigenvalue weighted by atomic mass is 10.4. The zero-order valence-corrected chi connectivity index (χ0v) is 10.8. The number of carboxylic acids is 1. The van der Waals surface area contributed by atoms with Crippen LogP contribution in [-0.2, 0) is 14.1 Å². The summed E-state index contributed by atoms with van der Waals surface area (Å²) in [5.41, 5.74) is 0. The Morgan fingerprint density at radius 2 is 1.39 bits per heavy atom. The average molecular weight is 282 g/mol. The van der Waals surface area contributed by atoms with Gasteiger partial charge in [-0.15, -0.1) is 19.7 Å². The van der Waals surface area contributed by atoms with Gasteiger partial charge in [0.05, 0.1) is 19.6 Å². The number of rotatable bonds is 6. The number of aliphatic carboxylic acids is 1. The molecule has 0 saturated heterocycles. The maximum Gasteiger partial charge on any atom is 0.466 e. The van der Waals surface area contributed by atoms with Gasteiger partial charge in [-0.05, 0) is 0 Å². The second-order valence-electron chi connectivity index (χ2n) is 2.51.